The van der Waals surface area contributed by atoms with Crippen molar-refractivity contribution >= 4 is 16.6 Å². The Morgan fingerprint density at radius 2 is 1.88 bits per heavy atom. The highest BCUT2D eigenvalue weighted by Gasteiger charge is 2.16. The van der Waals surface area contributed by atoms with Gasteiger partial charge in [0.25, 0.3) is 0 Å². The van der Waals surface area contributed by atoms with Crippen molar-refractivity contribution in [2.24, 2.45) is 5.73 Å². The summed E-state index contributed by atoms with van der Waals surface area (Å²) in [7, 11) is 0. The SMILES string of the molecule is N[C@@H](CO)C(=O)c1cccc2ccccc12. The molecule has 0 aliphatic heterocycles. The summed E-state index contributed by atoms with van der Waals surface area (Å²) < 4.78 is 0. The summed E-state index contributed by atoms with van der Waals surface area (Å²) in [4.78, 5) is 11.9. The summed E-state index contributed by atoms with van der Waals surface area (Å²) in [5.74, 6) is -0.223. The van der Waals surface area contributed by atoms with E-state index in [4.69, 9.17) is 10.8 Å². The molecule has 0 aromatic heterocycles. The second kappa shape index (κ2) is 4.43. The van der Waals surface area contributed by atoms with E-state index in [0.717, 1.165) is 10.8 Å². The second-order valence-electron chi connectivity index (χ2n) is 3.68. The summed E-state index contributed by atoms with van der Waals surface area (Å²) in [6, 6.07) is 12.3. The fourth-order valence-corrected chi connectivity index (χ4v) is 1.72. The van der Waals surface area contributed by atoms with Crippen molar-refractivity contribution in [2.45, 2.75) is 6.04 Å². The van der Waals surface area contributed by atoms with E-state index in [9.17, 15) is 4.79 Å². The highest BCUT2D eigenvalue weighted by Crippen LogP contribution is 2.19. The second-order valence-corrected chi connectivity index (χ2v) is 3.68. The van der Waals surface area contributed by atoms with Crippen LogP contribution in [0, 0.1) is 0 Å². The van der Waals surface area contributed by atoms with Gasteiger partial charge in [-0.3, -0.25) is 4.79 Å². The van der Waals surface area contributed by atoms with Crippen molar-refractivity contribution in [3.63, 3.8) is 0 Å². The molecule has 1 atom stereocenters. The number of aliphatic hydroxyl groups is 1. The van der Waals surface area contributed by atoms with Crippen molar-refractivity contribution in [3.8, 4) is 0 Å². The van der Waals surface area contributed by atoms with Gasteiger partial charge in [-0.2, -0.15) is 0 Å². The Morgan fingerprint density at radius 3 is 2.62 bits per heavy atom. The van der Waals surface area contributed by atoms with Crippen LogP contribution in [0.1, 0.15) is 10.4 Å². The maximum Gasteiger partial charge on any atom is 0.182 e. The molecule has 2 aromatic rings. The van der Waals surface area contributed by atoms with E-state index in [-0.39, 0.29) is 12.4 Å². The van der Waals surface area contributed by atoms with Crippen LogP contribution < -0.4 is 5.73 Å². The number of fused-ring (bicyclic) bond motifs is 1. The Morgan fingerprint density at radius 1 is 1.19 bits per heavy atom. The first-order valence-corrected chi connectivity index (χ1v) is 5.12. The van der Waals surface area contributed by atoms with Crippen molar-refractivity contribution in [1.82, 2.24) is 0 Å². The van der Waals surface area contributed by atoms with Gasteiger partial charge in [-0.15, -0.1) is 0 Å². The van der Waals surface area contributed by atoms with Crippen LogP contribution in [-0.2, 0) is 0 Å². The van der Waals surface area contributed by atoms with Gasteiger partial charge in [0.2, 0.25) is 0 Å². The van der Waals surface area contributed by atoms with Crippen molar-refractivity contribution < 1.29 is 9.90 Å². The van der Waals surface area contributed by atoms with Crippen LogP contribution in [0.25, 0.3) is 10.8 Å². The van der Waals surface area contributed by atoms with Gasteiger partial charge in [0.05, 0.1) is 12.6 Å². The van der Waals surface area contributed by atoms with Crippen molar-refractivity contribution in [3.05, 3.63) is 48.0 Å². The standard InChI is InChI=1S/C13H13NO2/c14-12(8-15)13(16)11-7-3-5-9-4-1-2-6-10(9)11/h1-7,12,15H,8,14H2/t12-/m0/s1. The van der Waals surface area contributed by atoms with Crippen molar-refractivity contribution in [1.29, 1.82) is 0 Å². The zero-order valence-corrected chi connectivity index (χ0v) is 8.76. The van der Waals surface area contributed by atoms with E-state index in [1.165, 1.54) is 0 Å². The molecule has 0 heterocycles. The first-order valence-electron chi connectivity index (χ1n) is 5.12. The summed E-state index contributed by atoms with van der Waals surface area (Å²) in [5.41, 5.74) is 6.11. The Hall–Kier alpha value is -1.71. The molecule has 0 radical (unpaired) electrons. The molecule has 0 unspecified atom stereocenters. The van der Waals surface area contributed by atoms with Gasteiger partial charge in [-0.25, -0.2) is 0 Å². The molecule has 0 saturated carbocycles. The summed E-state index contributed by atoms with van der Waals surface area (Å²) >= 11 is 0. The number of hydrogen-bond donors (Lipinski definition) is 2. The number of hydrogen-bond acceptors (Lipinski definition) is 3. The van der Waals surface area contributed by atoms with Crippen LogP contribution in [0.5, 0.6) is 0 Å². The average molecular weight is 215 g/mol. The lowest BCUT2D eigenvalue weighted by Gasteiger charge is -2.09. The number of carbonyl (C=O) groups is 1. The zero-order chi connectivity index (χ0) is 11.5. The Bertz CT molecular complexity index is 517. The summed E-state index contributed by atoms with van der Waals surface area (Å²) in [5, 5.41) is 10.8. The molecule has 0 aliphatic rings. The highest BCUT2D eigenvalue weighted by molar-refractivity contribution is 6.10. The van der Waals surface area contributed by atoms with E-state index in [1.807, 2.05) is 36.4 Å². The molecule has 0 fully saturated rings. The number of benzene rings is 2. The molecular formula is C13H13NO2. The van der Waals surface area contributed by atoms with Crippen molar-refractivity contribution in [2.75, 3.05) is 6.61 Å². The minimum Gasteiger partial charge on any atom is -0.394 e. The molecule has 0 saturated heterocycles. The number of Topliss-reactive ketones (excluding diaryl/α,β-unsaturated/α-hetero) is 1. The van der Waals surface area contributed by atoms with Gasteiger partial charge >= 0.3 is 0 Å². The highest BCUT2D eigenvalue weighted by atomic mass is 16.3. The lowest BCUT2D eigenvalue weighted by atomic mass is 9.98. The summed E-state index contributed by atoms with van der Waals surface area (Å²) in [6.45, 7) is -0.331. The molecule has 2 rings (SSSR count). The lowest BCUT2D eigenvalue weighted by molar-refractivity contribution is 0.0927. The minimum atomic E-state index is -0.842. The van der Waals surface area contributed by atoms with Gasteiger partial charge in [-0.05, 0) is 10.8 Å². The number of carbonyl (C=O) groups excluding carboxylic acids is 1. The van der Waals surface area contributed by atoms with Gasteiger partial charge in [0.15, 0.2) is 5.78 Å². The van der Waals surface area contributed by atoms with Gasteiger partial charge in [0, 0.05) is 5.56 Å². The monoisotopic (exact) mass is 215 g/mol. The van der Waals surface area contributed by atoms with Crippen LogP contribution >= 0.6 is 0 Å². The fourth-order valence-electron chi connectivity index (χ4n) is 1.72. The molecule has 0 aliphatic carbocycles. The molecule has 3 N–H and O–H groups in total. The van der Waals surface area contributed by atoms with Crippen LogP contribution in [0.3, 0.4) is 0 Å². The topological polar surface area (TPSA) is 63.3 Å². The zero-order valence-electron chi connectivity index (χ0n) is 8.76. The smallest absolute Gasteiger partial charge is 0.182 e. The Balaban J connectivity index is 2.56. The number of rotatable bonds is 3. The first-order chi connectivity index (χ1) is 7.74. The normalized spacial score (nSPS) is 12.6. The van der Waals surface area contributed by atoms with Crippen LogP contribution in [-0.4, -0.2) is 23.5 Å². The maximum atomic E-state index is 11.9. The summed E-state index contributed by atoms with van der Waals surface area (Å²) in [6.07, 6.45) is 0. The molecular weight excluding hydrogens is 202 g/mol. The van der Waals surface area contributed by atoms with Gasteiger partial charge < -0.3 is 10.8 Å². The third-order valence-electron chi connectivity index (χ3n) is 2.59. The predicted octanol–water partition coefficient (Wildman–Crippen LogP) is 1.34. The quantitative estimate of drug-likeness (QED) is 0.759. The third kappa shape index (κ3) is 1.83. The van der Waals surface area contributed by atoms with E-state index < -0.39 is 6.04 Å². The van der Waals surface area contributed by atoms with E-state index in [2.05, 4.69) is 0 Å². The molecule has 2 aromatic carbocycles. The fraction of sp³-hybridized carbons (Fsp3) is 0.154. The van der Waals surface area contributed by atoms with Crippen LogP contribution in [0.2, 0.25) is 0 Å². The van der Waals surface area contributed by atoms with Gasteiger partial charge in [0.1, 0.15) is 0 Å². The molecule has 3 nitrogen and oxygen atoms in total. The Kier molecular flexibility index (Phi) is 2.99. The maximum absolute atomic E-state index is 11.9. The number of nitrogens with two attached hydrogens (primary N) is 1. The van der Waals surface area contributed by atoms with E-state index in [0.29, 0.717) is 5.56 Å². The molecule has 0 amide bonds. The van der Waals surface area contributed by atoms with E-state index >= 15 is 0 Å². The van der Waals surface area contributed by atoms with Crippen LogP contribution in [0.15, 0.2) is 42.5 Å². The molecule has 0 spiro atoms. The van der Waals surface area contributed by atoms with Crippen LogP contribution in [0.4, 0.5) is 0 Å². The molecule has 0 bridgehead atoms. The molecule has 82 valence electrons. The van der Waals surface area contributed by atoms with Gasteiger partial charge in [-0.1, -0.05) is 42.5 Å². The Labute approximate surface area is 93.5 Å². The first kappa shape index (κ1) is 10.8. The molecule has 3 heteroatoms. The van der Waals surface area contributed by atoms with E-state index in [1.54, 1.807) is 6.07 Å². The minimum absolute atomic E-state index is 0.223. The number of aliphatic hydroxyl groups excluding tert-OH is 1. The largest absolute Gasteiger partial charge is 0.394 e. The predicted molar refractivity (Wildman–Crippen MR) is 63.3 cm³/mol. The average Bonchev–Trinajstić information content (AvgIpc) is 2.36. The number of ketones is 1. The molecule has 16 heavy (non-hydrogen) atoms. The lowest BCUT2D eigenvalue weighted by Crippen LogP contribution is -2.34. The third-order valence-corrected chi connectivity index (χ3v) is 2.59.